The maximum atomic E-state index is 13.4. The molecule has 0 bridgehead atoms. The summed E-state index contributed by atoms with van der Waals surface area (Å²) < 4.78 is 0. The second-order valence-corrected chi connectivity index (χ2v) is 13.3. The van der Waals surface area contributed by atoms with Crippen LogP contribution < -0.4 is 5.32 Å². The molecule has 1 aliphatic heterocycles. The van der Waals surface area contributed by atoms with Crippen LogP contribution >= 0.6 is 46.4 Å². The Balaban J connectivity index is 1.34. The highest BCUT2D eigenvalue weighted by Gasteiger charge is 2.35. The molecule has 4 unspecified atom stereocenters. The summed E-state index contributed by atoms with van der Waals surface area (Å²) in [6.07, 6.45) is 8.54. The highest BCUT2D eigenvalue weighted by atomic mass is 35.5. The lowest BCUT2D eigenvalue weighted by molar-refractivity contribution is -0.139. The van der Waals surface area contributed by atoms with Gasteiger partial charge in [-0.15, -0.1) is 0 Å². The van der Waals surface area contributed by atoms with Crippen molar-refractivity contribution in [3.63, 3.8) is 0 Å². The normalized spacial score (nSPS) is 19.9. The number of carbonyl (C=O) groups excluding carboxylic acids is 3. The van der Waals surface area contributed by atoms with Gasteiger partial charge in [-0.25, -0.2) is 0 Å². The second-order valence-electron chi connectivity index (χ2n) is 11.3. The van der Waals surface area contributed by atoms with E-state index in [9.17, 15) is 14.4 Å². The molecule has 2 aliphatic rings. The van der Waals surface area contributed by atoms with E-state index in [1.165, 1.54) is 30.6 Å². The fourth-order valence-corrected chi connectivity index (χ4v) is 7.04. The molecule has 2 fully saturated rings. The lowest BCUT2D eigenvalue weighted by Gasteiger charge is -2.44. The molecule has 3 amide bonds. The van der Waals surface area contributed by atoms with E-state index in [2.05, 4.69) is 10.2 Å². The average Bonchev–Trinajstić information content (AvgIpc) is 2.97. The van der Waals surface area contributed by atoms with Gasteiger partial charge >= 0.3 is 0 Å². The van der Waals surface area contributed by atoms with E-state index in [1.54, 1.807) is 24.3 Å². The van der Waals surface area contributed by atoms with Crippen molar-refractivity contribution in [2.45, 2.75) is 87.7 Å². The van der Waals surface area contributed by atoms with E-state index in [-0.39, 0.29) is 24.8 Å². The van der Waals surface area contributed by atoms with Crippen molar-refractivity contribution in [1.29, 1.82) is 0 Å². The quantitative estimate of drug-likeness (QED) is 0.194. The van der Waals surface area contributed by atoms with E-state index >= 15 is 0 Å². The molecule has 1 N–H and O–H groups in total. The summed E-state index contributed by atoms with van der Waals surface area (Å²) in [5, 5.41) is 3.98. The number of benzene rings is 2. The Labute approximate surface area is 269 Å². The summed E-state index contributed by atoms with van der Waals surface area (Å²) in [7, 11) is 0. The highest BCUT2D eigenvalue weighted by molar-refractivity contribution is 6.30. The van der Waals surface area contributed by atoms with Crippen molar-refractivity contribution in [3.8, 4) is 0 Å². The zero-order valence-electron chi connectivity index (χ0n) is 23.8. The fraction of sp³-hybridized carbons (Fsp3) is 0.531. The van der Waals surface area contributed by atoms with Crippen LogP contribution in [0.4, 0.5) is 0 Å². The molecule has 4 atom stereocenters. The van der Waals surface area contributed by atoms with Gasteiger partial charge in [0.05, 0.1) is 0 Å². The van der Waals surface area contributed by atoms with E-state index in [0.717, 1.165) is 30.5 Å². The molecule has 2 aromatic rings. The number of hydrogen-bond donors (Lipinski definition) is 1. The SMILES string of the molecule is O=C(CN(C(=O)CCCC(=O)N1CCCC2CCCCC21)C(Cl)Cc1ccc(Cl)cc1)NC(Cl)Cc1ccc(Cl)cc1. The number of halogens is 4. The molecule has 1 aliphatic carbocycles. The molecule has 2 aromatic carbocycles. The minimum absolute atomic E-state index is 0.125. The fourth-order valence-electron chi connectivity index (χ4n) is 6.13. The van der Waals surface area contributed by atoms with Crippen LogP contribution in [-0.4, -0.2) is 57.7 Å². The molecule has 0 radical (unpaired) electrons. The number of nitrogens with zero attached hydrogens (tertiary/aromatic N) is 2. The third-order valence-electron chi connectivity index (χ3n) is 8.28. The molecule has 1 saturated heterocycles. The molecular weight excluding hydrogens is 616 g/mol. The van der Waals surface area contributed by atoms with Crippen LogP contribution in [0.15, 0.2) is 48.5 Å². The van der Waals surface area contributed by atoms with Gasteiger partial charge in [-0.05, 0) is 73.4 Å². The molecule has 42 heavy (non-hydrogen) atoms. The van der Waals surface area contributed by atoms with Crippen LogP contribution in [0.25, 0.3) is 0 Å². The first-order valence-electron chi connectivity index (χ1n) is 14.8. The number of amides is 3. The number of likely N-dealkylation sites (tertiary alicyclic amines) is 1. The predicted molar refractivity (Wildman–Crippen MR) is 170 cm³/mol. The van der Waals surface area contributed by atoms with Gasteiger partial charge in [0.2, 0.25) is 17.7 Å². The van der Waals surface area contributed by atoms with Crippen molar-refractivity contribution < 1.29 is 14.4 Å². The first kappa shape index (κ1) is 32.9. The average molecular weight is 655 g/mol. The van der Waals surface area contributed by atoms with Crippen molar-refractivity contribution in [3.05, 3.63) is 69.7 Å². The van der Waals surface area contributed by atoms with Crippen LogP contribution in [0.3, 0.4) is 0 Å². The third kappa shape index (κ3) is 9.77. The first-order chi connectivity index (χ1) is 20.2. The summed E-state index contributed by atoms with van der Waals surface area (Å²) in [5.74, 6) is 0.0543. The molecular formula is C32H39Cl4N3O3. The topological polar surface area (TPSA) is 69.7 Å². The second kappa shape index (κ2) is 16.2. The number of fused-ring (bicyclic) bond motifs is 1. The molecule has 6 nitrogen and oxygen atoms in total. The summed E-state index contributed by atoms with van der Waals surface area (Å²) >= 11 is 25.1. The van der Waals surface area contributed by atoms with Crippen LogP contribution in [0.2, 0.25) is 10.0 Å². The molecule has 1 saturated carbocycles. The maximum absolute atomic E-state index is 13.4. The predicted octanol–water partition coefficient (Wildman–Crippen LogP) is 7.20. The first-order valence-corrected chi connectivity index (χ1v) is 16.5. The van der Waals surface area contributed by atoms with Crippen molar-refractivity contribution in [2.24, 2.45) is 5.92 Å². The standard InChI is InChI=1S/C32H39Cl4N3O3/c33-25-14-10-22(11-15-25)19-28(35)37-30(40)21-39(29(36)20-23-12-16-26(34)17-13-23)32(42)9-3-8-31(41)38-18-4-6-24-5-1-2-7-27(24)38/h10-17,24,27-29H,1-9,18-21H2,(H,37,40). The van der Waals surface area contributed by atoms with E-state index in [4.69, 9.17) is 46.4 Å². The van der Waals surface area contributed by atoms with E-state index in [1.807, 2.05) is 24.3 Å². The van der Waals surface area contributed by atoms with Gasteiger partial charge in [0.25, 0.3) is 0 Å². The number of alkyl halides is 2. The van der Waals surface area contributed by atoms with Gasteiger partial charge in [0.1, 0.15) is 17.5 Å². The summed E-state index contributed by atoms with van der Waals surface area (Å²) in [5.41, 5.74) is 0.364. The zero-order valence-corrected chi connectivity index (χ0v) is 26.8. The summed E-state index contributed by atoms with van der Waals surface area (Å²) in [6, 6.07) is 14.8. The maximum Gasteiger partial charge on any atom is 0.240 e. The number of rotatable bonds is 12. The van der Waals surface area contributed by atoms with Crippen molar-refractivity contribution in [2.75, 3.05) is 13.1 Å². The molecule has 1 heterocycles. The minimum atomic E-state index is -0.768. The third-order valence-corrected chi connectivity index (χ3v) is 9.44. The number of nitrogens with one attached hydrogen (secondary N) is 1. The smallest absolute Gasteiger partial charge is 0.240 e. The molecule has 0 aromatic heterocycles. The number of piperidine rings is 1. The van der Waals surface area contributed by atoms with Crippen molar-refractivity contribution >= 4 is 64.1 Å². The Hall–Kier alpha value is -1.99. The van der Waals surface area contributed by atoms with Gasteiger partial charge in [0.15, 0.2) is 0 Å². The Bertz CT molecular complexity index is 1190. The minimum Gasteiger partial charge on any atom is -0.339 e. The van der Waals surface area contributed by atoms with Gasteiger partial charge < -0.3 is 15.1 Å². The van der Waals surface area contributed by atoms with Gasteiger partial charge in [0, 0.05) is 48.3 Å². The van der Waals surface area contributed by atoms with Crippen LogP contribution in [-0.2, 0) is 27.2 Å². The highest BCUT2D eigenvalue weighted by Crippen LogP contribution is 2.35. The van der Waals surface area contributed by atoms with Crippen LogP contribution in [0, 0.1) is 5.92 Å². The van der Waals surface area contributed by atoms with Gasteiger partial charge in [-0.1, -0.05) is 83.5 Å². The number of carbonyl (C=O) groups is 3. The zero-order chi connectivity index (χ0) is 30.1. The molecule has 0 spiro atoms. The number of hydrogen-bond acceptors (Lipinski definition) is 3. The van der Waals surface area contributed by atoms with Crippen LogP contribution in [0.1, 0.15) is 68.9 Å². The van der Waals surface area contributed by atoms with Crippen LogP contribution in [0.5, 0.6) is 0 Å². The lowest BCUT2D eigenvalue weighted by atomic mass is 9.78. The Morgan fingerprint density at radius 1 is 0.833 bits per heavy atom. The monoisotopic (exact) mass is 653 g/mol. The lowest BCUT2D eigenvalue weighted by Crippen LogP contribution is -2.49. The molecule has 4 rings (SSSR count). The molecule has 10 heteroatoms. The Morgan fingerprint density at radius 3 is 2.10 bits per heavy atom. The Morgan fingerprint density at radius 2 is 1.43 bits per heavy atom. The van der Waals surface area contributed by atoms with Crippen molar-refractivity contribution in [1.82, 2.24) is 15.1 Å². The molecule has 228 valence electrons. The summed E-state index contributed by atoms with van der Waals surface area (Å²) in [4.78, 5) is 43.0. The van der Waals surface area contributed by atoms with Gasteiger partial charge in [-0.2, -0.15) is 0 Å². The largest absolute Gasteiger partial charge is 0.339 e. The van der Waals surface area contributed by atoms with E-state index < -0.39 is 16.9 Å². The Kier molecular flexibility index (Phi) is 12.7. The summed E-state index contributed by atoms with van der Waals surface area (Å²) in [6.45, 7) is 0.564. The van der Waals surface area contributed by atoms with Gasteiger partial charge in [-0.3, -0.25) is 14.4 Å². The van der Waals surface area contributed by atoms with E-state index in [0.29, 0.717) is 47.7 Å².